The Morgan fingerprint density at radius 2 is 1.68 bits per heavy atom. The van der Waals surface area contributed by atoms with Gasteiger partial charge in [0, 0.05) is 19.0 Å². The number of nitrogens with zero attached hydrogens (tertiary/aromatic N) is 1. The average molecular weight is 425 g/mol. The van der Waals surface area contributed by atoms with Gasteiger partial charge in [-0.25, -0.2) is 0 Å². The molecule has 0 aliphatic carbocycles. The number of rotatable bonds is 12. The first kappa shape index (κ1) is 24.4. The molecule has 5 nitrogen and oxygen atoms in total. The summed E-state index contributed by atoms with van der Waals surface area (Å²) >= 11 is 0. The van der Waals surface area contributed by atoms with Gasteiger partial charge in [-0.2, -0.15) is 0 Å². The monoisotopic (exact) mass is 424 g/mol. The lowest BCUT2D eigenvalue weighted by Crippen LogP contribution is -2.50. The van der Waals surface area contributed by atoms with Gasteiger partial charge in [-0.1, -0.05) is 61.9 Å². The Bertz CT molecular complexity index is 805. The van der Waals surface area contributed by atoms with E-state index in [-0.39, 0.29) is 17.9 Å². The molecule has 0 unspecified atom stereocenters. The second-order valence-corrected chi connectivity index (χ2v) is 8.01. The number of hydrogen-bond acceptors (Lipinski definition) is 3. The lowest BCUT2D eigenvalue weighted by Gasteiger charge is -2.31. The summed E-state index contributed by atoms with van der Waals surface area (Å²) in [5, 5.41) is 3.04. The highest BCUT2D eigenvalue weighted by atomic mass is 16.5. The molecule has 0 saturated carbocycles. The Balaban J connectivity index is 2.06. The quantitative estimate of drug-likeness (QED) is 0.494. The summed E-state index contributed by atoms with van der Waals surface area (Å²) < 4.78 is 5.72. The van der Waals surface area contributed by atoms with E-state index < -0.39 is 6.04 Å². The minimum absolute atomic E-state index is 0.0246. The molecule has 0 saturated heterocycles. The summed E-state index contributed by atoms with van der Waals surface area (Å²) in [6.45, 7) is 8.89. The Hall–Kier alpha value is -2.82. The molecular weight excluding hydrogens is 388 g/mol. The fourth-order valence-corrected chi connectivity index (χ4v) is 3.32. The molecule has 2 aromatic rings. The summed E-state index contributed by atoms with van der Waals surface area (Å²) in [4.78, 5) is 27.8. The predicted octanol–water partition coefficient (Wildman–Crippen LogP) is 4.88. The SMILES string of the molecule is CC[C@H](C(=O)N[C@@H](C)CC)N(Cc1ccc(C)cc1)C(=O)CCCOc1ccccc1. The summed E-state index contributed by atoms with van der Waals surface area (Å²) in [5.74, 6) is 0.687. The highest BCUT2D eigenvalue weighted by molar-refractivity contribution is 5.87. The molecule has 0 aromatic heterocycles. The fourth-order valence-electron chi connectivity index (χ4n) is 3.32. The Morgan fingerprint density at radius 3 is 2.29 bits per heavy atom. The van der Waals surface area contributed by atoms with Crippen LogP contribution in [0.15, 0.2) is 54.6 Å². The molecular formula is C26H36N2O3. The van der Waals surface area contributed by atoms with Crippen LogP contribution in [0, 0.1) is 6.92 Å². The summed E-state index contributed by atoms with van der Waals surface area (Å²) in [5.41, 5.74) is 2.19. The van der Waals surface area contributed by atoms with Crippen LogP contribution >= 0.6 is 0 Å². The number of nitrogens with one attached hydrogen (secondary N) is 1. The van der Waals surface area contributed by atoms with Crippen LogP contribution in [0.4, 0.5) is 0 Å². The van der Waals surface area contributed by atoms with E-state index >= 15 is 0 Å². The number of amides is 2. The highest BCUT2D eigenvalue weighted by Crippen LogP contribution is 2.16. The molecule has 2 atom stereocenters. The van der Waals surface area contributed by atoms with Gasteiger partial charge in [0.1, 0.15) is 11.8 Å². The Kier molecular flexibility index (Phi) is 10.1. The highest BCUT2D eigenvalue weighted by Gasteiger charge is 2.28. The van der Waals surface area contributed by atoms with Gasteiger partial charge in [-0.05, 0) is 50.8 Å². The molecule has 2 rings (SSSR count). The van der Waals surface area contributed by atoms with Crippen molar-refractivity contribution in [3.63, 3.8) is 0 Å². The second-order valence-electron chi connectivity index (χ2n) is 8.01. The van der Waals surface area contributed by atoms with Crippen molar-refractivity contribution in [2.75, 3.05) is 6.61 Å². The predicted molar refractivity (Wildman–Crippen MR) is 125 cm³/mol. The van der Waals surface area contributed by atoms with Gasteiger partial charge in [0.05, 0.1) is 6.61 Å². The summed E-state index contributed by atoms with van der Waals surface area (Å²) in [6.07, 6.45) is 2.36. The normalized spacial score (nSPS) is 12.6. The molecule has 0 spiro atoms. The van der Waals surface area contributed by atoms with Crippen molar-refractivity contribution in [1.82, 2.24) is 10.2 Å². The minimum Gasteiger partial charge on any atom is -0.494 e. The topological polar surface area (TPSA) is 58.6 Å². The third kappa shape index (κ3) is 8.08. The molecule has 2 amide bonds. The number of para-hydroxylation sites is 1. The van der Waals surface area contributed by atoms with Crippen LogP contribution < -0.4 is 10.1 Å². The van der Waals surface area contributed by atoms with Gasteiger partial charge < -0.3 is 15.0 Å². The van der Waals surface area contributed by atoms with E-state index in [1.165, 1.54) is 5.56 Å². The Labute approximate surface area is 186 Å². The van der Waals surface area contributed by atoms with E-state index in [9.17, 15) is 9.59 Å². The van der Waals surface area contributed by atoms with Crippen LogP contribution in [-0.2, 0) is 16.1 Å². The van der Waals surface area contributed by atoms with Gasteiger partial charge in [0.2, 0.25) is 11.8 Å². The van der Waals surface area contributed by atoms with Crippen molar-refractivity contribution in [2.24, 2.45) is 0 Å². The number of carbonyl (C=O) groups excluding carboxylic acids is 2. The number of carbonyl (C=O) groups is 2. The first-order chi connectivity index (χ1) is 14.9. The molecule has 1 N–H and O–H groups in total. The maximum Gasteiger partial charge on any atom is 0.243 e. The molecule has 2 aromatic carbocycles. The van der Waals surface area contributed by atoms with E-state index in [0.29, 0.717) is 32.4 Å². The lowest BCUT2D eigenvalue weighted by atomic mass is 10.1. The standard InChI is InChI=1S/C26H36N2O3/c1-5-21(4)27-26(30)24(6-2)28(19-22-16-14-20(3)15-17-22)25(29)13-10-18-31-23-11-8-7-9-12-23/h7-9,11-12,14-17,21,24H,5-6,10,13,18-19H2,1-4H3,(H,27,30)/t21-,24+/m0/s1. The number of hydrogen-bond donors (Lipinski definition) is 1. The van der Waals surface area contributed by atoms with Crippen molar-refractivity contribution < 1.29 is 14.3 Å². The zero-order chi connectivity index (χ0) is 22.6. The third-order valence-corrected chi connectivity index (χ3v) is 5.41. The first-order valence-corrected chi connectivity index (χ1v) is 11.3. The lowest BCUT2D eigenvalue weighted by molar-refractivity contribution is -0.141. The van der Waals surface area contributed by atoms with Gasteiger partial charge in [-0.15, -0.1) is 0 Å². The zero-order valence-corrected chi connectivity index (χ0v) is 19.3. The number of benzene rings is 2. The number of ether oxygens (including phenoxy) is 1. The third-order valence-electron chi connectivity index (χ3n) is 5.41. The van der Waals surface area contributed by atoms with Crippen LogP contribution in [0.5, 0.6) is 5.75 Å². The van der Waals surface area contributed by atoms with Gasteiger partial charge in [0.25, 0.3) is 0 Å². The molecule has 0 radical (unpaired) electrons. The van der Waals surface area contributed by atoms with E-state index in [1.54, 1.807) is 4.90 Å². The maximum absolute atomic E-state index is 13.2. The summed E-state index contributed by atoms with van der Waals surface area (Å²) in [6, 6.07) is 17.3. The largest absolute Gasteiger partial charge is 0.494 e. The minimum atomic E-state index is -0.488. The molecule has 31 heavy (non-hydrogen) atoms. The number of aryl methyl sites for hydroxylation is 1. The van der Waals surface area contributed by atoms with Gasteiger partial charge in [-0.3, -0.25) is 9.59 Å². The van der Waals surface area contributed by atoms with Crippen LogP contribution in [-0.4, -0.2) is 35.4 Å². The molecule has 0 bridgehead atoms. The van der Waals surface area contributed by atoms with Crippen molar-refractivity contribution in [3.8, 4) is 5.75 Å². The van der Waals surface area contributed by atoms with E-state index in [2.05, 4.69) is 5.32 Å². The van der Waals surface area contributed by atoms with E-state index in [0.717, 1.165) is 17.7 Å². The average Bonchev–Trinajstić information content (AvgIpc) is 2.78. The smallest absolute Gasteiger partial charge is 0.243 e. The van der Waals surface area contributed by atoms with Crippen LogP contribution in [0.3, 0.4) is 0 Å². The molecule has 0 aliphatic rings. The second kappa shape index (κ2) is 12.8. The molecule has 0 aliphatic heterocycles. The van der Waals surface area contributed by atoms with Crippen LogP contribution in [0.25, 0.3) is 0 Å². The Morgan fingerprint density at radius 1 is 1.00 bits per heavy atom. The van der Waals surface area contributed by atoms with E-state index in [4.69, 9.17) is 4.74 Å². The van der Waals surface area contributed by atoms with E-state index in [1.807, 2.05) is 82.3 Å². The molecule has 0 heterocycles. The van der Waals surface area contributed by atoms with Crippen LogP contribution in [0.1, 0.15) is 57.6 Å². The molecule has 5 heteroatoms. The van der Waals surface area contributed by atoms with Crippen molar-refractivity contribution >= 4 is 11.8 Å². The molecule has 168 valence electrons. The van der Waals surface area contributed by atoms with Gasteiger partial charge in [0.15, 0.2) is 0 Å². The zero-order valence-electron chi connectivity index (χ0n) is 19.3. The van der Waals surface area contributed by atoms with Crippen LogP contribution in [0.2, 0.25) is 0 Å². The fraction of sp³-hybridized carbons (Fsp3) is 0.462. The van der Waals surface area contributed by atoms with Crippen molar-refractivity contribution in [1.29, 1.82) is 0 Å². The first-order valence-electron chi connectivity index (χ1n) is 11.3. The summed E-state index contributed by atoms with van der Waals surface area (Å²) in [7, 11) is 0. The maximum atomic E-state index is 13.2. The van der Waals surface area contributed by atoms with Gasteiger partial charge >= 0.3 is 0 Å². The van der Waals surface area contributed by atoms with Crippen molar-refractivity contribution in [2.45, 2.75) is 72.0 Å². The van der Waals surface area contributed by atoms with Crippen molar-refractivity contribution in [3.05, 3.63) is 65.7 Å². The molecule has 0 fully saturated rings.